The third-order valence-corrected chi connectivity index (χ3v) is 14.8. The Morgan fingerprint density at radius 3 is 2.26 bits per heavy atom. The molecule has 6 aliphatic rings. The van der Waals surface area contributed by atoms with E-state index in [4.69, 9.17) is 4.74 Å². The molecule has 1 saturated carbocycles. The summed E-state index contributed by atoms with van der Waals surface area (Å²) in [6, 6.07) is 18.4. The highest BCUT2D eigenvalue weighted by Gasteiger charge is 2.56. The van der Waals surface area contributed by atoms with Crippen molar-refractivity contribution in [2.24, 2.45) is 11.3 Å². The maximum absolute atomic E-state index is 15.9. The van der Waals surface area contributed by atoms with Gasteiger partial charge in [-0.3, -0.25) is 44.0 Å². The van der Waals surface area contributed by atoms with Crippen LogP contribution in [0.15, 0.2) is 85.2 Å². The zero-order chi connectivity index (χ0) is 48.3. The first-order chi connectivity index (χ1) is 33.9. The number of piperazine rings is 1. The molecule has 4 saturated heterocycles. The Hall–Kier alpha value is -7.54. The van der Waals surface area contributed by atoms with E-state index in [1.165, 1.54) is 41.4 Å². The molecule has 19 heteroatoms. The molecule has 70 heavy (non-hydrogen) atoms. The zero-order valence-electron chi connectivity index (χ0n) is 38.1. The molecule has 0 spiro atoms. The number of hydrogen-bond acceptors (Lipinski definition) is 12. The first kappa shape index (κ1) is 44.9. The molecule has 5 fully saturated rings. The Morgan fingerprint density at radius 1 is 0.843 bits per heavy atom. The van der Waals surface area contributed by atoms with E-state index in [1.54, 1.807) is 48.7 Å². The number of amides is 6. The minimum Gasteiger partial charge on any atom is -0.457 e. The first-order valence-corrected chi connectivity index (χ1v) is 23.8. The van der Waals surface area contributed by atoms with Crippen molar-refractivity contribution < 1.29 is 42.3 Å². The summed E-state index contributed by atoms with van der Waals surface area (Å²) in [5.41, 5.74) is 1.90. The summed E-state index contributed by atoms with van der Waals surface area (Å²) in [5, 5.41) is 11.5. The minimum atomic E-state index is -1.20. The highest BCUT2D eigenvalue weighted by atomic mass is 19.1. The van der Waals surface area contributed by atoms with Crippen LogP contribution in [-0.2, 0) is 30.5 Å². The van der Waals surface area contributed by atoms with Gasteiger partial charge in [-0.2, -0.15) is 0 Å². The van der Waals surface area contributed by atoms with Gasteiger partial charge in [0.25, 0.3) is 5.91 Å². The molecule has 17 nitrogen and oxygen atoms in total. The number of anilines is 4. The van der Waals surface area contributed by atoms with Crippen molar-refractivity contribution in [2.45, 2.75) is 69.6 Å². The molecule has 2 aromatic heterocycles. The number of piperidine rings is 2. The van der Waals surface area contributed by atoms with Crippen molar-refractivity contribution in [1.29, 1.82) is 0 Å². The van der Waals surface area contributed by atoms with Crippen LogP contribution in [-0.4, -0.2) is 118 Å². The van der Waals surface area contributed by atoms with Crippen LogP contribution in [0.5, 0.6) is 11.5 Å². The van der Waals surface area contributed by atoms with Crippen LogP contribution < -0.4 is 30.9 Å². The molecule has 0 radical (unpaired) electrons. The second kappa shape index (κ2) is 18.1. The number of ether oxygens (including phenoxy) is 1. The lowest BCUT2D eigenvalue weighted by atomic mass is 9.95. The van der Waals surface area contributed by atoms with Gasteiger partial charge in [-0.25, -0.2) is 13.8 Å². The number of halogens is 2. The molecule has 5 aliphatic heterocycles. The summed E-state index contributed by atoms with van der Waals surface area (Å²) >= 11 is 0. The molecule has 6 amide bonds. The summed E-state index contributed by atoms with van der Waals surface area (Å²) in [4.78, 5) is 93.6. The van der Waals surface area contributed by atoms with E-state index in [1.807, 2.05) is 4.90 Å². The number of pyridine rings is 2. The number of hydrogen-bond donors (Lipinski definition) is 4. The van der Waals surface area contributed by atoms with Crippen LogP contribution in [0.4, 0.5) is 31.7 Å². The van der Waals surface area contributed by atoms with Crippen molar-refractivity contribution in [1.82, 2.24) is 30.0 Å². The van der Waals surface area contributed by atoms with Gasteiger partial charge in [-0.15, -0.1) is 0 Å². The molecular weight excluding hydrogens is 903 g/mol. The highest BCUT2D eigenvalue weighted by molar-refractivity contribution is 6.17. The van der Waals surface area contributed by atoms with Crippen LogP contribution in [0.25, 0.3) is 10.9 Å². The number of aromatic nitrogens is 2. The third-order valence-electron chi connectivity index (χ3n) is 14.8. The molecule has 4 N–H and O–H groups in total. The fourth-order valence-corrected chi connectivity index (χ4v) is 10.7. The van der Waals surface area contributed by atoms with E-state index in [-0.39, 0.29) is 61.6 Å². The molecule has 360 valence electrons. The Balaban J connectivity index is 0.638. The average molecular weight is 953 g/mol. The van der Waals surface area contributed by atoms with E-state index in [0.717, 1.165) is 32.4 Å². The van der Waals surface area contributed by atoms with Crippen LogP contribution >= 0.6 is 0 Å². The number of rotatable bonds is 13. The van der Waals surface area contributed by atoms with Gasteiger partial charge in [-0.1, -0.05) is 0 Å². The zero-order valence-corrected chi connectivity index (χ0v) is 38.1. The maximum Gasteiger partial charge on any atom is 0.256 e. The Labute approximate surface area is 400 Å². The van der Waals surface area contributed by atoms with Gasteiger partial charge in [0.15, 0.2) is 0 Å². The maximum atomic E-state index is 15.9. The smallest absolute Gasteiger partial charge is 0.256 e. The topological polar surface area (TPSA) is 199 Å². The lowest BCUT2D eigenvalue weighted by Crippen LogP contribution is -2.52. The number of carbonyl (C=O) groups is 6. The molecule has 7 heterocycles. The fraction of sp³-hybridized carbons (Fsp3) is 0.373. The van der Waals surface area contributed by atoms with Crippen molar-refractivity contribution in [3.8, 4) is 11.5 Å². The number of nitrogens with one attached hydrogen (secondary N) is 4. The van der Waals surface area contributed by atoms with Crippen molar-refractivity contribution in [3.63, 3.8) is 0 Å². The van der Waals surface area contributed by atoms with Gasteiger partial charge in [-0.05, 0) is 123 Å². The predicted octanol–water partition coefficient (Wildman–Crippen LogP) is 5.43. The van der Waals surface area contributed by atoms with Gasteiger partial charge < -0.3 is 35.4 Å². The quantitative estimate of drug-likeness (QED) is 0.0864. The van der Waals surface area contributed by atoms with Gasteiger partial charge in [0.1, 0.15) is 40.4 Å². The lowest BCUT2D eigenvalue weighted by Gasteiger charge is -2.39. The number of imide groups is 1. The van der Waals surface area contributed by atoms with Crippen LogP contribution in [0.3, 0.4) is 0 Å². The number of nitrogens with zero attached hydrogens (tertiary/aromatic N) is 6. The standard InChI is InChI=1S/C51H50F2N10O7/c52-31-1-3-32(4-2-31)57-49(68)51(14-15-51)50(69)58-33-5-7-36(8-6-33)70-43-11-16-54-40-22-42(39(53)21-37(40)43)60-17-12-29(13-18-60)25-61-27-35-20-34(61)28-62(35)46(65)24-56-44-19-30-26-63(48(67)38(30)23-55-44)41-9-10-45(64)59-47(41)66/h1-8,11,16,19,21-23,29,34-35,41H,9-10,12-15,17-18,20,24-28H2,(H,55,56)(H,57,68)(H,58,69)(H,59,64,66)/t34-,35-,41?/m0/s1. The summed E-state index contributed by atoms with van der Waals surface area (Å²) in [6.07, 6.45) is 7.08. The second-order valence-corrected chi connectivity index (χ2v) is 19.2. The molecule has 3 aromatic carbocycles. The SMILES string of the molecule is O=C1CCC(N2Cc3cc(NCC(=O)N4C[C@@H]5C[C@H]4CN5CC4CCN(c5cc6nccc(Oc7ccc(NC(=O)C8(C(=O)Nc9ccc(F)cc9)CC8)cc7)c6cc5F)CC4)ncc3C2=O)C(=O)N1. The van der Waals surface area contributed by atoms with E-state index in [2.05, 4.69) is 41.0 Å². The second-order valence-electron chi connectivity index (χ2n) is 19.2. The average Bonchev–Trinajstić information content (AvgIpc) is 3.80. The lowest BCUT2D eigenvalue weighted by molar-refractivity contribution is -0.137. The largest absolute Gasteiger partial charge is 0.457 e. The fourth-order valence-electron chi connectivity index (χ4n) is 10.7. The highest BCUT2D eigenvalue weighted by Crippen LogP contribution is 2.48. The van der Waals surface area contributed by atoms with Gasteiger partial charge in [0.05, 0.1) is 23.3 Å². The van der Waals surface area contributed by atoms with Crippen LogP contribution in [0.1, 0.15) is 60.9 Å². The number of likely N-dealkylation sites (tertiary alicyclic amines) is 2. The first-order valence-electron chi connectivity index (χ1n) is 23.8. The van der Waals surface area contributed by atoms with Crippen LogP contribution in [0, 0.1) is 23.0 Å². The molecule has 1 aliphatic carbocycles. The molecule has 3 atom stereocenters. The number of fused-ring (bicyclic) bond motifs is 4. The molecule has 5 aromatic rings. The number of benzene rings is 3. The normalized spacial score (nSPS) is 21.7. The summed E-state index contributed by atoms with van der Waals surface area (Å²) in [7, 11) is 0. The summed E-state index contributed by atoms with van der Waals surface area (Å²) in [5.74, 6) is -0.980. The predicted molar refractivity (Wildman–Crippen MR) is 253 cm³/mol. The van der Waals surface area contributed by atoms with Crippen LogP contribution in [0.2, 0.25) is 0 Å². The van der Waals surface area contributed by atoms with E-state index < -0.39 is 35.0 Å². The molecular formula is C51H50F2N10O7. The van der Waals surface area contributed by atoms with E-state index in [0.29, 0.717) is 94.8 Å². The number of carbonyl (C=O) groups excluding carboxylic acids is 6. The summed E-state index contributed by atoms with van der Waals surface area (Å²) < 4.78 is 35.4. The van der Waals surface area contributed by atoms with E-state index in [9.17, 15) is 33.2 Å². The van der Waals surface area contributed by atoms with E-state index >= 15 is 4.39 Å². The summed E-state index contributed by atoms with van der Waals surface area (Å²) in [6.45, 7) is 4.09. The molecule has 2 bridgehead atoms. The van der Waals surface area contributed by atoms with Crippen molar-refractivity contribution >= 4 is 69.2 Å². The molecule has 1 unspecified atom stereocenters. The molecule has 11 rings (SSSR count). The van der Waals surface area contributed by atoms with Crippen molar-refractivity contribution in [3.05, 3.63) is 108 Å². The third kappa shape index (κ3) is 8.73. The Morgan fingerprint density at radius 2 is 1.57 bits per heavy atom. The minimum absolute atomic E-state index is 0.0102. The monoisotopic (exact) mass is 952 g/mol. The van der Waals surface area contributed by atoms with Gasteiger partial charge in [0.2, 0.25) is 29.5 Å². The van der Waals surface area contributed by atoms with Gasteiger partial charge >= 0.3 is 0 Å². The Bertz CT molecular complexity index is 2940. The Kier molecular flexibility index (Phi) is 11.6. The van der Waals surface area contributed by atoms with Crippen molar-refractivity contribution in [2.75, 3.05) is 60.1 Å². The van der Waals surface area contributed by atoms with Gasteiger partial charge in [0, 0.05) is 86.9 Å².